The molecule has 0 saturated carbocycles. The van der Waals surface area contributed by atoms with Crippen LogP contribution in [-0.2, 0) is 11.0 Å². The number of amides is 1. The Kier molecular flexibility index (Phi) is 5.26. The lowest BCUT2D eigenvalue weighted by Crippen LogP contribution is -2.56. The minimum atomic E-state index is -4.44. The van der Waals surface area contributed by atoms with E-state index in [1.807, 2.05) is 0 Å². The lowest BCUT2D eigenvalue weighted by atomic mass is 9.97. The fourth-order valence-corrected chi connectivity index (χ4v) is 3.44. The molecule has 2 heterocycles. The van der Waals surface area contributed by atoms with Gasteiger partial charge in [-0.2, -0.15) is 13.2 Å². The predicted molar refractivity (Wildman–Crippen MR) is 104 cm³/mol. The molecule has 0 bridgehead atoms. The molecule has 0 spiro atoms. The van der Waals surface area contributed by atoms with Crippen LogP contribution in [-0.4, -0.2) is 17.1 Å². The van der Waals surface area contributed by atoms with Gasteiger partial charge >= 0.3 is 6.18 Å². The molecule has 0 fully saturated rings. The maximum atomic E-state index is 14.2. The van der Waals surface area contributed by atoms with Gasteiger partial charge in [-0.1, -0.05) is 18.2 Å². The van der Waals surface area contributed by atoms with Crippen molar-refractivity contribution in [3.8, 4) is 0 Å². The zero-order chi connectivity index (χ0) is 22.2. The van der Waals surface area contributed by atoms with Crippen LogP contribution in [0.3, 0.4) is 0 Å². The van der Waals surface area contributed by atoms with Crippen LogP contribution in [0.25, 0.3) is 11.3 Å². The normalized spacial score (nSPS) is 21.5. The van der Waals surface area contributed by atoms with E-state index in [4.69, 9.17) is 0 Å². The van der Waals surface area contributed by atoms with Crippen molar-refractivity contribution in [3.05, 3.63) is 95.2 Å². The molecule has 2 aliphatic heterocycles. The largest absolute Gasteiger partial charge is 0.416 e. The van der Waals surface area contributed by atoms with Gasteiger partial charge in [0.25, 0.3) is 5.91 Å². The first-order chi connectivity index (χ1) is 14.7. The van der Waals surface area contributed by atoms with E-state index >= 15 is 0 Å². The zero-order valence-electron chi connectivity index (χ0n) is 15.9. The van der Waals surface area contributed by atoms with E-state index in [9.17, 15) is 26.7 Å². The molecule has 2 aromatic rings. The minimum Gasteiger partial charge on any atom is -0.363 e. The Labute approximate surface area is 174 Å². The third-order valence-electron chi connectivity index (χ3n) is 4.96. The highest BCUT2D eigenvalue weighted by Crippen LogP contribution is 2.32. The van der Waals surface area contributed by atoms with E-state index in [1.165, 1.54) is 35.5 Å². The molecule has 0 aromatic heterocycles. The highest BCUT2D eigenvalue weighted by atomic mass is 19.4. The van der Waals surface area contributed by atoms with Crippen molar-refractivity contribution in [3.63, 3.8) is 0 Å². The summed E-state index contributed by atoms with van der Waals surface area (Å²) in [5.74, 6) is -2.02. The van der Waals surface area contributed by atoms with Crippen molar-refractivity contribution in [2.45, 2.75) is 18.8 Å². The Balaban J connectivity index is 1.63. The van der Waals surface area contributed by atoms with Gasteiger partial charge in [0.05, 0.1) is 11.3 Å². The third kappa shape index (κ3) is 4.30. The number of hydrogen-bond acceptors (Lipinski definition) is 3. The molecule has 2 aliphatic rings. The number of benzene rings is 2. The second-order valence-electron chi connectivity index (χ2n) is 7.01. The Hall–Kier alpha value is -3.62. The summed E-state index contributed by atoms with van der Waals surface area (Å²) in [6, 6.07) is 7.76. The summed E-state index contributed by atoms with van der Waals surface area (Å²) >= 11 is 0. The highest BCUT2D eigenvalue weighted by molar-refractivity contribution is 5.96. The maximum absolute atomic E-state index is 14.2. The molecule has 1 atom stereocenters. The van der Waals surface area contributed by atoms with Crippen molar-refractivity contribution in [2.75, 3.05) is 0 Å². The van der Waals surface area contributed by atoms with Gasteiger partial charge in [-0.3, -0.25) is 4.79 Å². The zero-order valence-corrected chi connectivity index (χ0v) is 15.9. The number of allylic oxidation sites excluding steroid dienone is 2. The number of carbonyl (C=O) groups excluding carboxylic acids is 1. The van der Waals surface area contributed by atoms with E-state index in [2.05, 4.69) is 10.7 Å². The molecule has 4 nitrogen and oxygen atoms in total. The summed E-state index contributed by atoms with van der Waals surface area (Å²) in [7, 11) is 0. The first-order valence-corrected chi connectivity index (χ1v) is 9.29. The molecule has 0 saturated heterocycles. The second-order valence-corrected chi connectivity index (χ2v) is 7.01. The smallest absolute Gasteiger partial charge is 0.363 e. The van der Waals surface area contributed by atoms with Gasteiger partial charge in [0.2, 0.25) is 0 Å². The topological polar surface area (TPSA) is 44.4 Å². The fourth-order valence-electron chi connectivity index (χ4n) is 3.44. The quantitative estimate of drug-likeness (QED) is 0.682. The summed E-state index contributed by atoms with van der Waals surface area (Å²) in [6.07, 6.45) is 1.16. The Morgan fingerprint density at radius 3 is 2.45 bits per heavy atom. The molecule has 31 heavy (non-hydrogen) atoms. The number of carbonyl (C=O) groups is 1. The number of hydrogen-bond donors (Lipinski definition) is 2. The van der Waals surface area contributed by atoms with Crippen LogP contribution in [0.15, 0.2) is 66.9 Å². The average Bonchev–Trinajstić information content (AvgIpc) is 2.68. The lowest BCUT2D eigenvalue weighted by Gasteiger charge is -2.37. The first kappa shape index (κ1) is 20.6. The van der Waals surface area contributed by atoms with Crippen molar-refractivity contribution >= 4 is 17.2 Å². The van der Waals surface area contributed by atoms with Crippen LogP contribution in [0.5, 0.6) is 0 Å². The Bertz CT molecular complexity index is 1100. The molecular formula is C22H16F5N3O. The van der Waals surface area contributed by atoms with Gasteiger partial charge < -0.3 is 10.7 Å². The minimum absolute atomic E-state index is 0.0343. The van der Waals surface area contributed by atoms with Crippen molar-refractivity contribution in [1.82, 2.24) is 15.8 Å². The molecule has 0 radical (unpaired) electrons. The van der Waals surface area contributed by atoms with Crippen molar-refractivity contribution in [2.24, 2.45) is 0 Å². The first-order valence-electron chi connectivity index (χ1n) is 9.29. The van der Waals surface area contributed by atoms with Crippen molar-refractivity contribution < 1.29 is 26.7 Å². The van der Waals surface area contributed by atoms with Crippen molar-refractivity contribution in [1.29, 1.82) is 0 Å². The van der Waals surface area contributed by atoms with E-state index in [1.54, 1.807) is 12.2 Å². The van der Waals surface area contributed by atoms with E-state index < -0.39 is 35.4 Å². The van der Waals surface area contributed by atoms with Crippen LogP contribution >= 0.6 is 0 Å². The monoisotopic (exact) mass is 433 g/mol. The van der Waals surface area contributed by atoms with Crippen LogP contribution in [0.1, 0.15) is 23.1 Å². The van der Waals surface area contributed by atoms with Gasteiger partial charge in [0.15, 0.2) is 0 Å². The number of halogens is 5. The standard InChI is InChI=1S/C22H16F5N3O/c23-16-7-8-17(18(24)11-16)19-12-21(31)30-20(29-19)10-14(2-1-9-28-30)13-3-5-15(6-4-13)22(25,26)27/h1-9,11-12,20,28-29H,10H2/b9-1-,14-2-. The third-order valence-corrected chi connectivity index (χ3v) is 4.96. The SMILES string of the molecule is O=C1C=C(c2ccc(F)cc2F)NC2C/C(c3ccc(C(F)(F)F)cc3)=C/C=C\NN12. The molecule has 0 aliphatic carbocycles. The van der Waals surface area contributed by atoms with E-state index in [0.717, 1.165) is 24.3 Å². The van der Waals surface area contributed by atoms with Crippen LogP contribution in [0.4, 0.5) is 22.0 Å². The number of nitrogens with zero attached hydrogens (tertiary/aromatic N) is 1. The number of alkyl halides is 3. The molecule has 9 heteroatoms. The van der Waals surface area contributed by atoms with Crippen LogP contribution < -0.4 is 10.7 Å². The number of rotatable bonds is 2. The predicted octanol–water partition coefficient (Wildman–Crippen LogP) is 4.59. The summed E-state index contributed by atoms with van der Waals surface area (Å²) in [6.45, 7) is 0. The number of fused-ring (bicyclic) bond motifs is 1. The molecule has 1 amide bonds. The van der Waals surface area contributed by atoms with Crippen LogP contribution in [0.2, 0.25) is 0 Å². The van der Waals surface area contributed by atoms with Gasteiger partial charge in [0.1, 0.15) is 17.8 Å². The van der Waals surface area contributed by atoms with Gasteiger partial charge in [0, 0.05) is 30.3 Å². The highest BCUT2D eigenvalue weighted by Gasteiger charge is 2.32. The van der Waals surface area contributed by atoms with Gasteiger partial charge in [-0.15, -0.1) is 0 Å². The van der Waals surface area contributed by atoms with E-state index in [-0.39, 0.29) is 17.7 Å². The number of nitrogens with one attached hydrogen (secondary N) is 2. The Morgan fingerprint density at radius 2 is 1.77 bits per heavy atom. The molecule has 2 N–H and O–H groups in total. The van der Waals surface area contributed by atoms with E-state index in [0.29, 0.717) is 11.1 Å². The Morgan fingerprint density at radius 1 is 1.03 bits per heavy atom. The van der Waals surface area contributed by atoms with Crippen LogP contribution in [0, 0.1) is 11.6 Å². The number of hydrazine groups is 1. The summed E-state index contributed by atoms with van der Waals surface area (Å²) < 4.78 is 66.1. The molecule has 1 unspecified atom stereocenters. The lowest BCUT2D eigenvalue weighted by molar-refractivity contribution is -0.137. The molecule has 2 aromatic carbocycles. The summed E-state index contributed by atoms with van der Waals surface area (Å²) in [5, 5.41) is 4.34. The maximum Gasteiger partial charge on any atom is 0.416 e. The molecular weight excluding hydrogens is 417 g/mol. The molecule has 4 rings (SSSR count). The second kappa shape index (κ2) is 7.90. The molecule has 160 valence electrons. The summed E-state index contributed by atoms with van der Waals surface area (Å²) in [5.41, 5.74) is 3.50. The summed E-state index contributed by atoms with van der Waals surface area (Å²) in [4.78, 5) is 12.6. The van der Waals surface area contributed by atoms with Gasteiger partial charge in [-0.05, 0) is 41.5 Å². The van der Waals surface area contributed by atoms with Gasteiger partial charge in [-0.25, -0.2) is 13.8 Å². The fraction of sp³-hybridized carbons (Fsp3) is 0.136. The average molecular weight is 433 g/mol.